The number of hydrogen-bond acceptors (Lipinski definition) is 4. The molecule has 76 valence electrons. The van der Waals surface area contributed by atoms with Gasteiger partial charge in [0.05, 0.1) is 19.6 Å². The van der Waals surface area contributed by atoms with Crippen molar-refractivity contribution >= 4 is 5.97 Å². The Hall–Kier alpha value is -0.610. The lowest BCUT2D eigenvalue weighted by Gasteiger charge is -2.29. The molecule has 1 heterocycles. The zero-order valence-corrected chi connectivity index (χ0v) is 8.21. The van der Waals surface area contributed by atoms with Gasteiger partial charge in [-0.1, -0.05) is 6.92 Å². The van der Waals surface area contributed by atoms with Crippen molar-refractivity contribution in [1.29, 1.82) is 0 Å². The van der Waals surface area contributed by atoms with E-state index >= 15 is 0 Å². The number of nitrogens with one attached hydrogen (secondary N) is 1. The number of ether oxygens (including phenoxy) is 2. The van der Waals surface area contributed by atoms with Crippen LogP contribution in [0, 0.1) is 5.92 Å². The first kappa shape index (κ1) is 10.5. The minimum atomic E-state index is -0.175. The van der Waals surface area contributed by atoms with Crippen LogP contribution >= 0.6 is 0 Å². The fraction of sp³-hybridized carbons (Fsp3) is 0.889. The van der Waals surface area contributed by atoms with Crippen LogP contribution in [0.3, 0.4) is 0 Å². The van der Waals surface area contributed by atoms with E-state index in [0.29, 0.717) is 6.61 Å². The molecular weight excluding hydrogens is 170 g/mol. The van der Waals surface area contributed by atoms with Gasteiger partial charge in [0.2, 0.25) is 0 Å². The summed E-state index contributed by atoms with van der Waals surface area (Å²) in [5.74, 6) is -0.315. The van der Waals surface area contributed by atoms with Crippen LogP contribution in [0.2, 0.25) is 0 Å². The van der Waals surface area contributed by atoms with Crippen molar-refractivity contribution in [3.8, 4) is 0 Å². The van der Waals surface area contributed by atoms with Gasteiger partial charge in [0.25, 0.3) is 0 Å². The average molecular weight is 187 g/mol. The topological polar surface area (TPSA) is 47.6 Å². The molecule has 0 aromatic rings. The van der Waals surface area contributed by atoms with E-state index in [9.17, 15) is 4.79 Å². The van der Waals surface area contributed by atoms with E-state index in [1.807, 2.05) is 6.92 Å². The van der Waals surface area contributed by atoms with Crippen LogP contribution in [0.5, 0.6) is 0 Å². The van der Waals surface area contributed by atoms with Gasteiger partial charge in [-0.25, -0.2) is 0 Å². The molecule has 1 rings (SSSR count). The molecule has 0 aliphatic carbocycles. The number of carbonyl (C=O) groups excluding carboxylic acids is 1. The molecule has 1 aliphatic rings. The van der Waals surface area contributed by atoms with Crippen molar-refractivity contribution in [1.82, 2.24) is 5.32 Å². The van der Waals surface area contributed by atoms with Gasteiger partial charge in [-0.15, -0.1) is 0 Å². The first-order chi connectivity index (χ1) is 6.29. The highest BCUT2D eigenvalue weighted by Crippen LogP contribution is 2.15. The Morgan fingerprint density at radius 2 is 2.46 bits per heavy atom. The second-order valence-electron chi connectivity index (χ2n) is 3.16. The molecule has 0 radical (unpaired) electrons. The lowest BCUT2D eigenvalue weighted by molar-refractivity contribution is -0.151. The Bertz CT molecular complexity index is 170. The zero-order valence-electron chi connectivity index (χ0n) is 8.21. The molecule has 13 heavy (non-hydrogen) atoms. The van der Waals surface area contributed by atoms with Crippen LogP contribution in [0.4, 0.5) is 0 Å². The molecule has 0 saturated carbocycles. The Morgan fingerprint density at radius 3 is 3.08 bits per heavy atom. The molecule has 2 unspecified atom stereocenters. The number of hydrogen-bond donors (Lipinski definition) is 1. The Morgan fingerprint density at radius 1 is 1.69 bits per heavy atom. The van der Waals surface area contributed by atoms with Crippen LogP contribution in [0.25, 0.3) is 0 Å². The summed E-state index contributed by atoms with van der Waals surface area (Å²) < 4.78 is 9.95. The number of carbonyl (C=O) groups is 1. The minimum Gasteiger partial charge on any atom is -0.469 e. The van der Waals surface area contributed by atoms with Crippen LogP contribution in [-0.4, -0.2) is 38.9 Å². The molecule has 1 N–H and O–H groups in total. The average Bonchev–Trinajstić information content (AvgIpc) is 2.18. The summed E-state index contributed by atoms with van der Waals surface area (Å²) in [4.78, 5) is 11.3. The molecule has 0 amide bonds. The fourth-order valence-corrected chi connectivity index (χ4v) is 1.63. The predicted molar refractivity (Wildman–Crippen MR) is 48.4 cm³/mol. The number of esters is 1. The van der Waals surface area contributed by atoms with E-state index in [-0.39, 0.29) is 17.9 Å². The predicted octanol–water partition coefficient (Wildman–Crippen LogP) is 0.174. The number of rotatable bonds is 3. The molecule has 0 aromatic heterocycles. The maximum Gasteiger partial charge on any atom is 0.312 e. The molecule has 1 aliphatic heterocycles. The normalized spacial score (nSPS) is 28.5. The second kappa shape index (κ2) is 5.19. The zero-order chi connectivity index (χ0) is 9.68. The maximum atomic E-state index is 11.3. The van der Waals surface area contributed by atoms with Crippen LogP contribution in [-0.2, 0) is 14.3 Å². The largest absolute Gasteiger partial charge is 0.469 e. The third kappa shape index (κ3) is 2.67. The monoisotopic (exact) mass is 187 g/mol. The quantitative estimate of drug-likeness (QED) is 0.640. The van der Waals surface area contributed by atoms with E-state index in [0.717, 1.165) is 19.6 Å². The van der Waals surface area contributed by atoms with Gasteiger partial charge in [-0.3, -0.25) is 4.79 Å². The van der Waals surface area contributed by atoms with Gasteiger partial charge >= 0.3 is 5.97 Å². The summed E-state index contributed by atoms with van der Waals surface area (Å²) >= 11 is 0. The molecule has 4 nitrogen and oxygen atoms in total. The lowest BCUT2D eigenvalue weighted by Crippen LogP contribution is -2.46. The van der Waals surface area contributed by atoms with Gasteiger partial charge in [-0.05, 0) is 13.0 Å². The van der Waals surface area contributed by atoms with Gasteiger partial charge < -0.3 is 14.8 Å². The molecule has 0 bridgehead atoms. The number of methoxy groups -OCH3 is 1. The molecule has 4 heteroatoms. The van der Waals surface area contributed by atoms with Crippen molar-refractivity contribution in [2.45, 2.75) is 19.4 Å². The van der Waals surface area contributed by atoms with Gasteiger partial charge in [0.15, 0.2) is 0 Å². The standard InChI is InChI=1S/C9H17NO3/c1-3-10-8-4-5-13-6-7(8)9(11)12-2/h7-8,10H,3-6H2,1-2H3. The van der Waals surface area contributed by atoms with E-state index in [2.05, 4.69) is 5.32 Å². The summed E-state index contributed by atoms with van der Waals surface area (Å²) in [5, 5.41) is 3.27. The first-order valence-corrected chi connectivity index (χ1v) is 4.68. The molecule has 2 atom stereocenters. The lowest BCUT2D eigenvalue weighted by atomic mass is 9.96. The van der Waals surface area contributed by atoms with Gasteiger partial charge in [0, 0.05) is 12.6 Å². The van der Waals surface area contributed by atoms with E-state index in [4.69, 9.17) is 9.47 Å². The van der Waals surface area contributed by atoms with Gasteiger partial charge in [-0.2, -0.15) is 0 Å². The van der Waals surface area contributed by atoms with E-state index < -0.39 is 0 Å². The molecule has 0 aromatic carbocycles. The van der Waals surface area contributed by atoms with Crippen molar-refractivity contribution in [3.63, 3.8) is 0 Å². The first-order valence-electron chi connectivity index (χ1n) is 4.68. The minimum absolute atomic E-state index is 0.140. The van der Waals surface area contributed by atoms with E-state index in [1.165, 1.54) is 7.11 Å². The molecular formula is C9H17NO3. The highest BCUT2D eigenvalue weighted by molar-refractivity contribution is 5.73. The third-order valence-corrected chi connectivity index (χ3v) is 2.33. The summed E-state index contributed by atoms with van der Waals surface area (Å²) in [6, 6.07) is 0.214. The summed E-state index contributed by atoms with van der Waals surface area (Å²) in [7, 11) is 1.42. The van der Waals surface area contributed by atoms with E-state index in [1.54, 1.807) is 0 Å². The van der Waals surface area contributed by atoms with Crippen LogP contribution in [0.15, 0.2) is 0 Å². The molecule has 0 spiro atoms. The highest BCUT2D eigenvalue weighted by Gasteiger charge is 2.31. The maximum absolute atomic E-state index is 11.3. The van der Waals surface area contributed by atoms with Crippen molar-refractivity contribution in [2.24, 2.45) is 5.92 Å². The Labute approximate surface area is 78.6 Å². The molecule has 1 saturated heterocycles. The SMILES string of the molecule is CCNC1CCOCC1C(=O)OC. The fourth-order valence-electron chi connectivity index (χ4n) is 1.63. The Kier molecular flexibility index (Phi) is 4.18. The smallest absolute Gasteiger partial charge is 0.312 e. The van der Waals surface area contributed by atoms with Crippen LogP contribution < -0.4 is 5.32 Å². The summed E-state index contributed by atoms with van der Waals surface area (Å²) in [6.07, 6.45) is 0.883. The third-order valence-electron chi connectivity index (χ3n) is 2.33. The molecule has 1 fully saturated rings. The summed E-state index contributed by atoms with van der Waals surface area (Å²) in [6.45, 7) is 4.11. The van der Waals surface area contributed by atoms with Crippen molar-refractivity contribution in [3.05, 3.63) is 0 Å². The van der Waals surface area contributed by atoms with Crippen LogP contribution in [0.1, 0.15) is 13.3 Å². The second-order valence-corrected chi connectivity index (χ2v) is 3.16. The highest BCUT2D eigenvalue weighted by atomic mass is 16.5. The van der Waals surface area contributed by atoms with Crippen molar-refractivity contribution in [2.75, 3.05) is 26.9 Å². The van der Waals surface area contributed by atoms with Crippen molar-refractivity contribution < 1.29 is 14.3 Å². The Balaban J connectivity index is 2.50. The summed E-state index contributed by atoms with van der Waals surface area (Å²) in [5.41, 5.74) is 0. The van der Waals surface area contributed by atoms with Gasteiger partial charge in [0.1, 0.15) is 0 Å².